The zero-order valence-electron chi connectivity index (χ0n) is 12.8. The molecule has 0 saturated heterocycles. The van der Waals surface area contributed by atoms with E-state index in [1.807, 2.05) is 20.8 Å². The van der Waals surface area contributed by atoms with Crippen LogP contribution in [0.4, 0.5) is 17.3 Å². The molecule has 1 aromatic heterocycles. The van der Waals surface area contributed by atoms with E-state index in [0.717, 1.165) is 6.42 Å². The second-order valence-electron chi connectivity index (χ2n) is 5.05. The number of nitrogens with one attached hydrogen (secondary N) is 2. The molecular weight excluding hydrogens is 272 g/mol. The van der Waals surface area contributed by atoms with E-state index in [2.05, 4.69) is 15.6 Å². The molecule has 0 fully saturated rings. The van der Waals surface area contributed by atoms with Gasteiger partial charge in [-0.1, -0.05) is 20.8 Å². The van der Waals surface area contributed by atoms with Crippen molar-refractivity contribution in [2.45, 2.75) is 45.6 Å². The predicted molar refractivity (Wildman–Crippen MR) is 83.7 cm³/mol. The Bertz CT molecular complexity index is 467. The molecule has 0 atom stereocenters. The summed E-state index contributed by atoms with van der Waals surface area (Å²) in [6.07, 6.45) is 2.29. The number of nitro groups is 1. The summed E-state index contributed by atoms with van der Waals surface area (Å²) in [5.74, 6) is 0.869. The van der Waals surface area contributed by atoms with E-state index in [1.54, 1.807) is 0 Å². The summed E-state index contributed by atoms with van der Waals surface area (Å²) in [5.41, 5.74) is -0.533. The Balaban J connectivity index is 3.09. The topological polar surface area (TPSA) is 100 Å². The minimum absolute atomic E-state index is 0.0230. The van der Waals surface area contributed by atoms with Gasteiger partial charge in [0.2, 0.25) is 0 Å². The van der Waals surface area contributed by atoms with Crippen LogP contribution in [0.15, 0.2) is 12.1 Å². The first kappa shape index (κ1) is 17.2. The highest BCUT2D eigenvalue weighted by molar-refractivity contribution is 5.55. The fourth-order valence-electron chi connectivity index (χ4n) is 1.99. The quantitative estimate of drug-likeness (QED) is 0.478. The van der Waals surface area contributed by atoms with E-state index >= 15 is 0 Å². The molecule has 21 heavy (non-hydrogen) atoms. The van der Waals surface area contributed by atoms with Crippen molar-refractivity contribution in [1.29, 1.82) is 0 Å². The largest absolute Gasteiger partial charge is 0.394 e. The van der Waals surface area contributed by atoms with Crippen LogP contribution in [0.2, 0.25) is 0 Å². The van der Waals surface area contributed by atoms with Gasteiger partial charge in [0.25, 0.3) is 5.69 Å². The number of pyridine rings is 1. The van der Waals surface area contributed by atoms with Crippen molar-refractivity contribution in [3.05, 3.63) is 22.2 Å². The fourth-order valence-corrected chi connectivity index (χ4v) is 1.99. The van der Waals surface area contributed by atoms with Crippen LogP contribution < -0.4 is 10.6 Å². The molecule has 7 nitrogen and oxygen atoms in total. The number of nitrogens with zero attached hydrogens (tertiary/aromatic N) is 2. The first-order valence-electron chi connectivity index (χ1n) is 7.29. The van der Waals surface area contributed by atoms with Gasteiger partial charge in [0, 0.05) is 6.54 Å². The average molecular weight is 296 g/mol. The molecule has 3 N–H and O–H groups in total. The van der Waals surface area contributed by atoms with Crippen LogP contribution in [0.25, 0.3) is 0 Å². The van der Waals surface area contributed by atoms with Gasteiger partial charge < -0.3 is 15.7 Å². The minimum Gasteiger partial charge on any atom is -0.394 e. The standard InChI is InChI=1S/C14H24N4O3/c1-4-7-15-12-8-11(18(20)21)9-13(16-12)17-14(5-2,6-3)10-19/h8-9,19H,4-7,10H2,1-3H3,(H2,15,16,17). The second kappa shape index (κ2) is 7.78. The van der Waals surface area contributed by atoms with Crippen molar-refractivity contribution in [1.82, 2.24) is 4.98 Å². The van der Waals surface area contributed by atoms with E-state index in [0.29, 0.717) is 31.0 Å². The van der Waals surface area contributed by atoms with Crippen molar-refractivity contribution in [2.75, 3.05) is 23.8 Å². The van der Waals surface area contributed by atoms with Gasteiger partial charge in [0.05, 0.1) is 29.2 Å². The van der Waals surface area contributed by atoms with E-state index in [4.69, 9.17) is 0 Å². The molecule has 118 valence electrons. The summed E-state index contributed by atoms with van der Waals surface area (Å²) in [6, 6.07) is 2.81. The van der Waals surface area contributed by atoms with Crippen LogP contribution in [0.5, 0.6) is 0 Å². The molecular formula is C14H24N4O3. The SMILES string of the molecule is CCCNc1cc([N+](=O)[O-])cc(NC(CC)(CC)CO)n1. The van der Waals surface area contributed by atoms with Gasteiger partial charge in [-0.15, -0.1) is 0 Å². The molecule has 0 spiro atoms. The van der Waals surface area contributed by atoms with E-state index < -0.39 is 10.5 Å². The van der Waals surface area contributed by atoms with Crippen molar-refractivity contribution in [3.8, 4) is 0 Å². The molecule has 0 aliphatic heterocycles. The maximum atomic E-state index is 11.0. The summed E-state index contributed by atoms with van der Waals surface area (Å²) in [7, 11) is 0. The number of rotatable bonds is 9. The maximum Gasteiger partial charge on any atom is 0.276 e. The molecule has 0 aromatic carbocycles. The Morgan fingerprint density at radius 1 is 1.29 bits per heavy atom. The van der Waals surface area contributed by atoms with E-state index in [9.17, 15) is 15.2 Å². The van der Waals surface area contributed by atoms with Gasteiger partial charge in [0.15, 0.2) is 0 Å². The van der Waals surface area contributed by atoms with Gasteiger partial charge in [-0.2, -0.15) is 0 Å². The number of anilines is 2. The van der Waals surface area contributed by atoms with Crippen LogP contribution >= 0.6 is 0 Å². The predicted octanol–water partition coefficient (Wildman–Crippen LogP) is 2.77. The van der Waals surface area contributed by atoms with Gasteiger partial charge in [0.1, 0.15) is 11.6 Å². The van der Waals surface area contributed by atoms with Crippen LogP contribution in [0.1, 0.15) is 40.0 Å². The van der Waals surface area contributed by atoms with Gasteiger partial charge in [-0.05, 0) is 19.3 Å². The van der Waals surface area contributed by atoms with Crippen LogP contribution in [-0.4, -0.2) is 33.7 Å². The smallest absolute Gasteiger partial charge is 0.276 e. The summed E-state index contributed by atoms with van der Waals surface area (Å²) in [4.78, 5) is 14.9. The third-order valence-electron chi connectivity index (χ3n) is 3.63. The van der Waals surface area contributed by atoms with E-state index in [1.165, 1.54) is 12.1 Å². The summed E-state index contributed by atoms with van der Waals surface area (Å²) in [5, 5.41) is 26.8. The molecule has 0 amide bonds. The Kier molecular flexibility index (Phi) is 6.36. The highest BCUT2D eigenvalue weighted by atomic mass is 16.6. The lowest BCUT2D eigenvalue weighted by Crippen LogP contribution is -2.41. The lowest BCUT2D eigenvalue weighted by Gasteiger charge is -2.31. The molecule has 0 unspecified atom stereocenters. The van der Waals surface area contributed by atoms with Crippen LogP contribution in [0.3, 0.4) is 0 Å². The zero-order valence-corrected chi connectivity index (χ0v) is 12.8. The molecule has 0 radical (unpaired) electrons. The molecule has 7 heteroatoms. The van der Waals surface area contributed by atoms with Crippen LogP contribution in [-0.2, 0) is 0 Å². The molecule has 1 aromatic rings. The Hall–Kier alpha value is -1.89. The third kappa shape index (κ3) is 4.56. The van der Waals surface area contributed by atoms with Gasteiger partial charge in [-0.3, -0.25) is 10.1 Å². The van der Waals surface area contributed by atoms with Crippen molar-refractivity contribution < 1.29 is 10.0 Å². The maximum absolute atomic E-state index is 11.0. The average Bonchev–Trinajstić information content (AvgIpc) is 2.50. The van der Waals surface area contributed by atoms with Crippen molar-refractivity contribution in [2.24, 2.45) is 0 Å². The third-order valence-corrected chi connectivity index (χ3v) is 3.63. The highest BCUT2D eigenvalue weighted by Crippen LogP contribution is 2.25. The summed E-state index contributed by atoms with van der Waals surface area (Å²) >= 11 is 0. The summed E-state index contributed by atoms with van der Waals surface area (Å²) < 4.78 is 0. The number of aliphatic hydroxyl groups is 1. The Labute approximate surface area is 124 Å². The molecule has 0 bridgehead atoms. The van der Waals surface area contributed by atoms with Crippen molar-refractivity contribution >= 4 is 17.3 Å². The minimum atomic E-state index is -0.510. The Morgan fingerprint density at radius 3 is 2.38 bits per heavy atom. The lowest BCUT2D eigenvalue weighted by atomic mass is 9.94. The summed E-state index contributed by atoms with van der Waals surface area (Å²) in [6.45, 7) is 6.57. The van der Waals surface area contributed by atoms with Crippen LogP contribution in [0, 0.1) is 10.1 Å². The highest BCUT2D eigenvalue weighted by Gasteiger charge is 2.26. The number of hydrogen-bond donors (Lipinski definition) is 3. The Morgan fingerprint density at radius 2 is 1.90 bits per heavy atom. The van der Waals surface area contributed by atoms with Gasteiger partial charge in [-0.25, -0.2) is 4.98 Å². The number of hydrogen-bond acceptors (Lipinski definition) is 6. The molecule has 1 rings (SSSR count). The molecule has 0 aliphatic carbocycles. The molecule has 0 saturated carbocycles. The normalized spacial score (nSPS) is 11.2. The second-order valence-corrected chi connectivity index (χ2v) is 5.05. The zero-order chi connectivity index (χ0) is 15.9. The monoisotopic (exact) mass is 296 g/mol. The molecule has 1 heterocycles. The van der Waals surface area contributed by atoms with Crippen molar-refractivity contribution in [3.63, 3.8) is 0 Å². The molecule has 0 aliphatic rings. The number of aromatic nitrogens is 1. The lowest BCUT2D eigenvalue weighted by molar-refractivity contribution is -0.384. The fraction of sp³-hybridized carbons (Fsp3) is 0.643. The van der Waals surface area contributed by atoms with Gasteiger partial charge >= 0.3 is 0 Å². The first-order valence-corrected chi connectivity index (χ1v) is 7.29. The first-order chi connectivity index (χ1) is 10.00. The van der Waals surface area contributed by atoms with E-state index in [-0.39, 0.29) is 12.3 Å². The number of aliphatic hydroxyl groups excluding tert-OH is 1.